The molecule has 2 N–H and O–H groups in total. The lowest BCUT2D eigenvalue weighted by atomic mass is 9.97. The lowest BCUT2D eigenvalue weighted by Gasteiger charge is -2.29. The number of halogens is 1. The van der Waals surface area contributed by atoms with Gasteiger partial charge in [-0.25, -0.2) is 0 Å². The van der Waals surface area contributed by atoms with Gasteiger partial charge in [-0.2, -0.15) is 0 Å². The van der Waals surface area contributed by atoms with Gasteiger partial charge >= 0.3 is 0 Å². The molecular formula is C11H14BrNO. The van der Waals surface area contributed by atoms with Gasteiger partial charge in [0.25, 0.3) is 0 Å². The zero-order chi connectivity index (χ0) is 9.97. The number of hydrogen-bond donors (Lipinski definition) is 1. The molecule has 1 heterocycles. The second-order valence-electron chi connectivity index (χ2n) is 3.65. The molecule has 0 unspecified atom stereocenters. The normalized spacial score (nSPS) is 27.6. The van der Waals surface area contributed by atoms with Crippen molar-refractivity contribution in [2.75, 3.05) is 6.61 Å². The van der Waals surface area contributed by atoms with Crippen LogP contribution in [0.5, 0.6) is 0 Å². The Labute approximate surface area is 92.6 Å². The van der Waals surface area contributed by atoms with Gasteiger partial charge in [-0.15, -0.1) is 0 Å². The van der Waals surface area contributed by atoms with E-state index in [9.17, 15) is 0 Å². The van der Waals surface area contributed by atoms with E-state index in [0.29, 0.717) is 0 Å². The van der Waals surface area contributed by atoms with Crippen LogP contribution in [0.3, 0.4) is 0 Å². The van der Waals surface area contributed by atoms with E-state index in [2.05, 4.69) is 28.1 Å². The van der Waals surface area contributed by atoms with Crippen LogP contribution < -0.4 is 5.73 Å². The number of ether oxygens (including phenoxy) is 1. The van der Waals surface area contributed by atoms with Crippen molar-refractivity contribution in [2.24, 2.45) is 5.73 Å². The van der Waals surface area contributed by atoms with Gasteiger partial charge in [0.1, 0.15) is 0 Å². The van der Waals surface area contributed by atoms with Crippen molar-refractivity contribution in [1.82, 2.24) is 0 Å². The molecule has 76 valence electrons. The van der Waals surface area contributed by atoms with Gasteiger partial charge in [-0.3, -0.25) is 0 Å². The molecule has 2 rings (SSSR count). The second-order valence-corrected chi connectivity index (χ2v) is 4.56. The first-order chi connectivity index (χ1) is 6.77. The number of hydrogen-bond acceptors (Lipinski definition) is 2. The standard InChI is InChI=1S/C11H14BrNO/c12-9-5-3-8(4-6-9)11-10(13)2-1-7-14-11/h3-6,10-11H,1-2,7,13H2/t10-,11+/m1/s1. The van der Waals surface area contributed by atoms with Crippen LogP contribution in [0.25, 0.3) is 0 Å². The SMILES string of the molecule is N[C@@H]1CCCO[C@H]1c1ccc(Br)cc1. The third kappa shape index (κ3) is 2.16. The van der Waals surface area contributed by atoms with Crippen molar-refractivity contribution in [3.63, 3.8) is 0 Å². The molecule has 1 aliphatic heterocycles. The van der Waals surface area contributed by atoms with E-state index in [-0.39, 0.29) is 12.1 Å². The van der Waals surface area contributed by atoms with Gasteiger partial charge in [0.05, 0.1) is 6.10 Å². The summed E-state index contributed by atoms with van der Waals surface area (Å²) >= 11 is 3.41. The van der Waals surface area contributed by atoms with Crippen LogP contribution in [0.2, 0.25) is 0 Å². The van der Waals surface area contributed by atoms with Crippen molar-refractivity contribution < 1.29 is 4.74 Å². The van der Waals surface area contributed by atoms with E-state index >= 15 is 0 Å². The number of rotatable bonds is 1. The highest BCUT2D eigenvalue weighted by molar-refractivity contribution is 9.10. The lowest BCUT2D eigenvalue weighted by molar-refractivity contribution is 0.000140. The average Bonchev–Trinajstić information content (AvgIpc) is 2.20. The predicted molar refractivity (Wildman–Crippen MR) is 60.0 cm³/mol. The summed E-state index contributed by atoms with van der Waals surface area (Å²) in [6.45, 7) is 0.828. The molecule has 0 amide bonds. The highest BCUT2D eigenvalue weighted by Gasteiger charge is 2.23. The summed E-state index contributed by atoms with van der Waals surface area (Å²) in [4.78, 5) is 0. The molecule has 3 heteroatoms. The molecule has 1 aliphatic rings. The van der Waals surface area contributed by atoms with E-state index in [0.717, 1.165) is 23.9 Å². The lowest BCUT2D eigenvalue weighted by Crippen LogP contribution is -2.34. The molecule has 0 radical (unpaired) electrons. The molecule has 14 heavy (non-hydrogen) atoms. The Morgan fingerprint density at radius 3 is 2.64 bits per heavy atom. The van der Waals surface area contributed by atoms with Gasteiger partial charge in [-0.1, -0.05) is 28.1 Å². The maximum Gasteiger partial charge on any atom is 0.0975 e. The van der Waals surface area contributed by atoms with E-state index in [1.54, 1.807) is 0 Å². The van der Waals surface area contributed by atoms with Crippen LogP contribution in [0.4, 0.5) is 0 Å². The molecular weight excluding hydrogens is 242 g/mol. The highest BCUT2D eigenvalue weighted by atomic mass is 79.9. The van der Waals surface area contributed by atoms with E-state index in [1.165, 1.54) is 5.56 Å². The van der Waals surface area contributed by atoms with Crippen LogP contribution in [-0.4, -0.2) is 12.6 Å². The largest absolute Gasteiger partial charge is 0.372 e. The van der Waals surface area contributed by atoms with Crippen molar-refractivity contribution in [1.29, 1.82) is 0 Å². The second kappa shape index (κ2) is 4.43. The number of nitrogens with two attached hydrogens (primary N) is 1. The van der Waals surface area contributed by atoms with Gasteiger partial charge in [-0.05, 0) is 30.5 Å². The minimum atomic E-state index is 0.0804. The zero-order valence-corrected chi connectivity index (χ0v) is 9.53. The molecule has 1 fully saturated rings. The summed E-state index contributed by atoms with van der Waals surface area (Å²) in [5.74, 6) is 0. The quantitative estimate of drug-likeness (QED) is 0.838. The number of benzene rings is 1. The fourth-order valence-electron chi connectivity index (χ4n) is 1.80. The van der Waals surface area contributed by atoms with E-state index < -0.39 is 0 Å². The van der Waals surface area contributed by atoms with Gasteiger partial charge < -0.3 is 10.5 Å². The Hall–Kier alpha value is -0.380. The molecule has 1 aromatic carbocycles. The molecule has 0 saturated carbocycles. The monoisotopic (exact) mass is 255 g/mol. The maximum absolute atomic E-state index is 6.01. The molecule has 2 atom stereocenters. The third-order valence-electron chi connectivity index (χ3n) is 2.57. The minimum absolute atomic E-state index is 0.0804. The Balaban J connectivity index is 2.16. The van der Waals surface area contributed by atoms with E-state index in [4.69, 9.17) is 10.5 Å². The smallest absolute Gasteiger partial charge is 0.0975 e. The minimum Gasteiger partial charge on any atom is -0.372 e. The summed E-state index contributed by atoms with van der Waals surface area (Å²) in [6.07, 6.45) is 2.21. The fourth-order valence-corrected chi connectivity index (χ4v) is 2.06. The topological polar surface area (TPSA) is 35.2 Å². The first kappa shape index (κ1) is 10.1. The predicted octanol–water partition coefficient (Wildman–Crippen LogP) is 2.63. The van der Waals surface area contributed by atoms with Crippen LogP contribution in [0.15, 0.2) is 28.7 Å². The molecule has 1 saturated heterocycles. The van der Waals surface area contributed by atoms with Crippen LogP contribution in [0, 0.1) is 0 Å². The zero-order valence-electron chi connectivity index (χ0n) is 7.95. The van der Waals surface area contributed by atoms with Crippen molar-refractivity contribution in [3.05, 3.63) is 34.3 Å². The first-order valence-corrected chi connectivity index (χ1v) is 5.69. The van der Waals surface area contributed by atoms with Crippen LogP contribution in [-0.2, 0) is 4.74 Å². The molecule has 0 bridgehead atoms. The van der Waals surface area contributed by atoms with Gasteiger partial charge in [0, 0.05) is 17.1 Å². The molecule has 0 aliphatic carbocycles. The van der Waals surface area contributed by atoms with Gasteiger partial charge in [0.2, 0.25) is 0 Å². The van der Waals surface area contributed by atoms with Crippen LogP contribution >= 0.6 is 15.9 Å². The van der Waals surface area contributed by atoms with Gasteiger partial charge in [0.15, 0.2) is 0 Å². The van der Waals surface area contributed by atoms with E-state index in [1.807, 2.05) is 12.1 Å². The Kier molecular flexibility index (Phi) is 3.21. The highest BCUT2D eigenvalue weighted by Crippen LogP contribution is 2.27. The third-order valence-corrected chi connectivity index (χ3v) is 3.10. The molecule has 0 aromatic heterocycles. The summed E-state index contributed by atoms with van der Waals surface area (Å²) in [5.41, 5.74) is 7.19. The summed E-state index contributed by atoms with van der Waals surface area (Å²) in [6, 6.07) is 8.34. The first-order valence-electron chi connectivity index (χ1n) is 4.90. The summed E-state index contributed by atoms with van der Waals surface area (Å²) < 4.78 is 6.76. The Morgan fingerprint density at radius 1 is 1.29 bits per heavy atom. The van der Waals surface area contributed by atoms with Crippen LogP contribution in [0.1, 0.15) is 24.5 Å². The maximum atomic E-state index is 6.01. The Morgan fingerprint density at radius 2 is 2.00 bits per heavy atom. The Bertz CT molecular complexity index is 299. The summed E-state index contributed by atoms with van der Waals surface area (Å²) in [5, 5.41) is 0. The van der Waals surface area contributed by atoms with Crippen molar-refractivity contribution in [3.8, 4) is 0 Å². The summed E-state index contributed by atoms with van der Waals surface area (Å²) in [7, 11) is 0. The fraction of sp³-hybridized carbons (Fsp3) is 0.455. The molecule has 2 nitrogen and oxygen atoms in total. The molecule has 0 spiro atoms. The molecule has 1 aromatic rings. The van der Waals surface area contributed by atoms with Crippen molar-refractivity contribution >= 4 is 15.9 Å². The van der Waals surface area contributed by atoms with Crippen molar-refractivity contribution in [2.45, 2.75) is 25.0 Å². The average molecular weight is 256 g/mol.